The molecule has 1 amide bonds. The van der Waals surface area contributed by atoms with Crippen LogP contribution in [0.15, 0.2) is 0 Å². The molecule has 15 heavy (non-hydrogen) atoms. The lowest BCUT2D eigenvalue weighted by molar-refractivity contribution is -0.120. The third kappa shape index (κ3) is 3.80. The highest BCUT2D eigenvalue weighted by atomic mass is 16.1. The molecular formula is C11H23N3O. The van der Waals surface area contributed by atoms with Gasteiger partial charge in [-0.15, -0.1) is 0 Å². The Bertz CT molecular complexity index is 202. The van der Waals surface area contributed by atoms with E-state index in [1.54, 1.807) is 0 Å². The number of carbonyl (C=O) groups excluding carboxylic acids is 1. The number of nitrogens with zero attached hydrogens (tertiary/aromatic N) is 1. The number of hydrogen-bond acceptors (Lipinski definition) is 3. The first kappa shape index (κ1) is 12.5. The van der Waals surface area contributed by atoms with Crippen LogP contribution in [0.2, 0.25) is 0 Å². The number of nitrogens with one attached hydrogen (secondary N) is 1. The molecule has 0 spiro atoms. The Morgan fingerprint density at radius 1 is 1.47 bits per heavy atom. The predicted octanol–water partition coefficient (Wildman–Crippen LogP) is 0.324. The van der Waals surface area contributed by atoms with Crippen molar-refractivity contribution in [1.29, 1.82) is 0 Å². The molecule has 0 saturated carbocycles. The molecule has 1 fully saturated rings. The maximum absolute atomic E-state index is 11.0. The summed E-state index contributed by atoms with van der Waals surface area (Å²) in [6, 6.07) is 0.330. The van der Waals surface area contributed by atoms with Crippen LogP contribution in [0.3, 0.4) is 0 Å². The second-order valence-corrected chi connectivity index (χ2v) is 4.36. The molecule has 1 heterocycles. The fourth-order valence-corrected chi connectivity index (χ4v) is 2.07. The Balaban J connectivity index is 2.25. The normalized spacial score (nSPS) is 21.5. The first-order valence-electron chi connectivity index (χ1n) is 5.92. The highest BCUT2D eigenvalue weighted by Gasteiger charge is 2.19. The summed E-state index contributed by atoms with van der Waals surface area (Å²) in [5.74, 6) is -0.244. The minimum absolute atomic E-state index is 0.171. The molecule has 0 aromatic rings. The molecule has 3 N–H and O–H groups in total. The van der Waals surface area contributed by atoms with Crippen LogP contribution in [0, 0.1) is 0 Å². The van der Waals surface area contributed by atoms with E-state index in [1.165, 1.54) is 25.9 Å². The van der Waals surface area contributed by atoms with Crippen LogP contribution >= 0.6 is 0 Å². The van der Waals surface area contributed by atoms with E-state index < -0.39 is 0 Å². The molecule has 1 aliphatic heterocycles. The lowest BCUT2D eigenvalue weighted by Gasteiger charge is -2.25. The van der Waals surface area contributed by atoms with Gasteiger partial charge in [0.15, 0.2) is 0 Å². The Hall–Kier alpha value is -0.610. The molecular weight excluding hydrogens is 190 g/mol. The topological polar surface area (TPSA) is 58.4 Å². The van der Waals surface area contributed by atoms with Crippen molar-refractivity contribution in [2.45, 2.75) is 45.2 Å². The number of primary amides is 1. The van der Waals surface area contributed by atoms with Gasteiger partial charge in [-0.2, -0.15) is 0 Å². The second-order valence-electron chi connectivity index (χ2n) is 4.36. The number of likely N-dealkylation sites (tertiary alicyclic amines) is 1. The molecule has 4 nitrogen and oxygen atoms in total. The Labute approximate surface area is 92.2 Å². The molecule has 0 bridgehead atoms. The van der Waals surface area contributed by atoms with Crippen molar-refractivity contribution in [2.24, 2.45) is 5.73 Å². The maximum atomic E-state index is 11.0. The van der Waals surface area contributed by atoms with Gasteiger partial charge in [-0.3, -0.25) is 9.69 Å². The van der Waals surface area contributed by atoms with Crippen LogP contribution in [0.4, 0.5) is 0 Å². The third-order valence-corrected chi connectivity index (χ3v) is 3.18. The SMILES string of the molecule is CCC(NCC(C)N1CCCC1)C(N)=O. The largest absolute Gasteiger partial charge is 0.368 e. The molecule has 0 aromatic carbocycles. The van der Waals surface area contributed by atoms with Gasteiger partial charge >= 0.3 is 0 Å². The lowest BCUT2D eigenvalue weighted by Crippen LogP contribution is -2.47. The number of nitrogens with two attached hydrogens (primary N) is 1. The summed E-state index contributed by atoms with van der Waals surface area (Å²) in [4.78, 5) is 13.5. The van der Waals surface area contributed by atoms with Crippen molar-refractivity contribution in [1.82, 2.24) is 10.2 Å². The number of rotatable bonds is 6. The Morgan fingerprint density at radius 2 is 2.07 bits per heavy atom. The molecule has 1 rings (SSSR count). The zero-order valence-corrected chi connectivity index (χ0v) is 9.83. The average Bonchev–Trinajstić information content (AvgIpc) is 2.70. The van der Waals surface area contributed by atoms with Crippen molar-refractivity contribution >= 4 is 5.91 Å². The predicted molar refractivity (Wildman–Crippen MR) is 61.5 cm³/mol. The second kappa shape index (κ2) is 6.08. The van der Waals surface area contributed by atoms with Gasteiger partial charge in [0.25, 0.3) is 0 Å². The average molecular weight is 213 g/mol. The fourth-order valence-electron chi connectivity index (χ4n) is 2.07. The van der Waals surface area contributed by atoms with Gasteiger partial charge in [0, 0.05) is 12.6 Å². The summed E-state index contributed by atoms with van der Waals surface area (Å²) in [7, 11) is 0. The number of carbonyl (C=O) groups is 1. The van der Waals surface area contributed by atoms with E-state index in [0.717, 1.165) is 13.0 Å². The standard InChI is InChI=1S/C11H23N3O/c1-3-10(11(12)15)13-8-9(2)14-6-4-5-7-14/h9-10,13H,3-8H2,1-2H3,(H2,12,15). The summed E-state index contributed by atoms with van der Waals surface area (Å²) >= 11 is 0. The van der Waals surface area contributed by atoms with Gasteiger partial charge in [0.1, 0.15) is 0 Å². The van der Waals surface area contributed by atoms with Crippen molar-refractivity contribution in [2.75, 3.05) is 19.6 Å². The van der Waals surface area contributed by atoms with Crippen LogP contribution in [-0.2, 0) is 4.79 Å². The minimum atomic E-state index is -0.244. The molecule has 2 atom stereocenters. The Morgan fingerprint density at radius 3 is 2.53 bits per heavy atom. The van der Waals surface area contributed by atoms with E-state index in [4.69, 9.17) is 5.73 Å². The van der Waals surface area contributed by atoms with Gasteiger partial charge in [-0.25, -0.2) is 0 Å². The molecule has 0 aliphatic carbocycles. The van der Waals surface area contributed by atoms with Crippen LogP contribution in [-0.4, -0.2) is 42.5 Å². The van der Waals surface area contributed by atoms with Gasteiger partial charge in [0.05, 0.1) is 6.04 Å². The van der Waals surface area contributed by atoms with Crippen LogP contribution in [0.1, 0.15) is 33.1 Å². The third-order valence-electron chi connectivity index (χ3n) is 3.18. The van der Waals surface area contributed by atoms with Crippen molar-refractivity contribution in [3.8, 4) is 0 Å². The number of hydrogen-bond donors (Lipinski definition) is 2. The van der Waals surface area contributed by atoms with E-state index in [-0.39, 0.29) is 11.9 Å². The molecule has 0 aromatic heterocycles. The molecule has 0 radical (unpaired) electrons. The van der Waals surface area contributed by atoms with Gasteiger partial charge < -0.3 is 11.1 Å². The molecule has 4 heteroatoms. The zero-order valence-electron chi connectivity index (χ0n) is 9.83. The van der Waals surface area contributed by atoms with E-state index >= 15 is 0 Å². The Kier molecular flexibility index (Phi) is 5.05. The van der Waals surface area contributed by atoms with E-state index in [1.807, 2.05) is 6.92 Å². The smallest absolute Gasteiger partial charge is 0.234 e. The minimum Gasteiger partial charge on any atom is -0.368 e. The quantitative estimate of drug-likeness (QED) is 0.668. The van der Waals surface area contributed by atoms with Gasteiger partial charge in [0.2, 0.25) is 5.91 Å². The maximum Gasteiger partial charge on any atom is 0.234 e. The summed E-state index contributed by atoms with van der Waals surface area (Å²) in [5, 5.41) is 3.23. The first-order chi connectivity index (χ1) is 7.15. The first-order valence-corrected chi connectivity index (χ1v) is 5.92. The van der Waals surface area contributed by atoms with Crippen molar-refractivity contribution < 1.29 is 4.79 Å². The summed E-state index contributed by atoms with van der Waals surface area (Å²) < 4.78 is 0. The summed E-state index contributed by atoms with van der Waals surface area (Å²) in [5.41, 5.74) is 5.27. The van der Waals surface area contributed by atoms with E-state index in [0.29, 0.717) is 6.04 Å². The monoisotopic (exact) mass is 213 g/mol. The van der Waals surface area contributed by atoms with Gasteiger partial charge in [-0.05, 0) is 39.3 Å². The summed E-state index contributed by atoms with van der Waals surface area (Å²) in [6.45, 7) is 7.41. The lowest BCUT2D eigenvalue weighted by atomic mass is 10.2. The van der Waals surface area contributed by atoms with E-state index in [9.17, 15) is 4.79 Å². The molecule has 88 valence electrons. The zero-order chi connectivity index (χ0) is 11.3. The van der Waals surface area contributed by atoms with E-state index in [2.05, 4.69) is 17.1 Å². The van der Waals surface area contributed by atoms with Crippen molar-refractivity contribution in [3.63, 3.8) is 0 Å². The molecule has 1 aliphatic rings. The van der Waals surface area contributed by atoms with Gasteiger partial charge in [-0.1, -0.05) is 6.92 Å². The molecule has 2 unspecified atom stereocenters. The fraction of sp³-hybridized carbons (Fsp3) is 0.909. The number of amides is 1. The van der Waals surface area contributed by atoms with Crippen LogP contribution < -0.4 is 11.1 Å². The summed E-state index contributed by atoms with van der Waals surface area (Å²) in [6.07, 6.45) is 3.37. The van der Waals surface area contributed by atoms with Crippen molar-refractivity contribution in [3.05, 3.63) is 0 Å². The van der Waals surface area contributed by atoms with Crippen LogP contribution in [0.25, 0.3) is 0 Å². The highest BCUT2D eigenvalue weighted by Crippen LogP contribution is 2.10. The highest BCUT2D eigenvalue weighted by molar-refractivity contribution is 5.79. The van der Waals surface area contributed by atoms with Crippen LogP contribution in [0.5, 0.6) is 0 Å². The molecule has 1 saturated heterocycles.